The van der Waals surface area contributed by atoms with Crippen molar-refractivity contribution in [3.8, 4) is 11.4 Å². The molecular formula is C15H18BrN3. The summed E-state index contributed by atoms with van der Waals surface area (Å²) in [6.07, 6.45) is 0.826. The van der Waals surface area contributed by atoms with E-state index in [0.29, 0.717) is 6.54 Å². The number of hydrogen-bond donors (Lipinski definition) is 1. The Labute approximate surface area is 122 Å². The third kappa shape index (κ3) is 3.01. The second-order valence-corrected chi connectivity index (χ2v) is 5.57. The monoisotopic (exact) mass is 319 g/mol. The smallest absolute Gasteiger partial charge is 0.160 e. The Morgan fingerprint density at radius 3 is 2.26 bits per heavy atom. The van der Waals surface area contributed by atoms with E-state index in [9.17, 15) is 0 Å². The lowest BCUT2D eigenvalue weighted by Crippen LogP contribution is -2.09. The molecule has 4 heteroatoms. The van der Waals surface area contributed by atoms with Gasteiger partial charge < -0.3 is 5.73 Å². The van der Waals surface area contributed by atoms with Crippen molar-refractivity contribution in [2.24, 2.45) is 5.73 Å². The molecule has 2 N–H and O–H groups in total. The summed E-state index contributed by atoms with van der Waals surface area (Å²) >= 11 is 3.58. The van der Waals surface area contributed by atoms with Gasteiger partial charge in [-0.1, -0.05) is 22.0 Å². The number of benzene rings is 1. The summed E-state index contributed by atoms with van der Waals surface area (Å²) in [5.41, 5.74) is 11.1. The van der Waals surface area contributed by atoms with Crippen LogP contribution < -0.4 is 5.73 Å². The lowest BCUT2D eigenvalue weighted by molar-refractivity contribution is 0.898. The molecule has 0 aliphatic carbocycles. The first kappa shape index (κ1) is 14.2. The van der Waals surface area contributed by atoms with E-state index in [-0.39, 0.29) is 0 Å². The molecule has 0 radical (unpaired) electrons. The number of aryl methyl sites for hydroxylation is 3. The number of hydrogen-bond acceptors (Lipinski definition) is 3. The van der Waals surface area contributed by atoms with E-state index in [0.717, 1.165) is 39.2 Å². The van der Waals surface area contributed by atoms with Gasteiger partial charge in [0.1, 0.15) is 0 Å². The zero-order valence-electron chi connectivity index (χ0n) is 11.5. The minimum Gasteiger partial charge on any atom is -0.330 e. The molecule has 0 saturated heterocycles. The molecule has 1 aromatic heterocycles. The summed E-state index contributed by atoms with van der Waals surface area (Å²) in [5.74, 6) is 0.766. The Hall–Kier alpha value is -1.26. The van der Waals surface area contributed by atoms with Crippen LogP contribution in [0.1, 0.15) is 22.5 Å². The molecule has 100 valence electrons. The summed E-state index contributed by atoms with van der Waals surface area (Å²) < 4.78 is 1.03. The lowest BCUT2D eigenvalue weighted by Gasteiger charge is -2.11. The van der Waals surface area contributed by atoms with Crippen LogP contribution in [0.15, 0.2) is 22.7 Å². The van der Waals surface area contributed by atoms with Gasteiger partial charge in [0.25, 0.3) is 0 Å². The summed E-state index contributed by atoms with van der Waals surface area (Å²) in [4.78, 5) is 9.23. The minimum atomic E-state index is 0.624. The van der Waals surface area contributed by atoms with Gasteiger partial charge in [0.2, 0.25) is 0 Å². The fraction of sp³-hybridized carbons (Fsp3) is 0.333. The first-order chi connectivity index (χ1) is 9.02. The minimum absolute atomic E-state index is 0.624. The first-order valence-electron chi connectivity index (χ1n) is 6.33. The summed E-state index contributed by atoms with van der Waals surface area (Å²) in [7, 11) is 0. The van der Waals surface area contributed by atoms with Gasteiger partial charge >= 0.3 is 0 Å². The van der Waals surface area contributed by atoms with E-state index in [1.165, 1.54) is 5.56 Å². The molecule has 1 aromatic carbocycles. The quantitative estimate of drug-likeness (QED) is 0.944. The van der Waals surface area contributed by atoms with Crippen LogP contribution in [-0.2, 0) is 6.42 Å². The maximum absolute atomic E-state index is 5.63. The van der Waals surface area contributed by atoms with Crippen LogP contribution in [0, 0.1) is 20.8 Å². The molecule has 3 nitrogen and oxygen atoms in total. The summed E-state index contributed by atoms with van der Waals surface area (Å²) in [6, 6.07) is 6.20. The molecule has 0 spiro atoms. The van der Waals surface area contributed by atoms with Crippen molar-refractivity contribution in [3.63, 3.8) is 0 Å². The zero-order chi connectivity index (χ0) is 14.0. The second-order valence-electron chi connectivity index (χ2n) is 4.72. The Bertz CT molecular complexity index is 585. The average molecular weight is 320 g/mol. The molecule has 0 atom stereocenters. The van der Waals surface area contributed by atoms with E-state index in [4.69, 9.17) is 5.73 Å². The first-order valence-corrected chi connectivity index (χ1v) is 7.13. The standard InChI is InChI=1S/C15H18BrN3/c1-9-4-5-13(14(16)8-9)15-18-10(2)12(6-7-17)11(3)19-15/h4-5,8H,6-7,17H2,1-3H3. The summed E-state index contributed by atoms with van der Waals surface area (Å²) in [5, 5.41) is 0. The van der Waals surface area contributed by atoms with E-state index in [2.05, 4.69) is 51.0 Å². The van der Waals surface area contributed by atoms with Crippen LogP contribution in [0.4, 0.5) is 0 Å². The van der Waals surface area contributed by atoms with Crippen molar-refractivity contribution in [1.82, 2.24) is 9.97 Å². The Kier molecular flexibility index (Phi) is 4.32. The van der Waals surface area contributed by atoms with Gasteiger partial charge in [0.15, 0.2) is 5.82 Å². The highest BCUT2D eigenvalue weighted by Gasteiger charge is 2.11. The SMILES string of the molecule is Cc1ccc(-c2nc(C)c(CCN)c(C)n2)c(Br)c1. The third-order valence-electron chi connectivity index (χ3n) is 3.18. The third-order valence-corrected chi connectivity index (χ3v) is 3.84. The van der Waals surface area contributed by atoms with Crippen LogP contribution in [0.5, 0.6) is 0 Å². The molecular weight excluding hydrogens is 302 g/mol. The van der Waals surface area contributed by atoms with Crippen molar-refractivity contribution >= 4 is 15.9 Å². The molecule has 0 saturated carbocycles. The number of nitrogens with two attached hydrogens (primary N) is 1. The fourth-order valence-electron chi connectivity index (χ4n) is 2.17. The van der Waals surface area contributed by atoms with Gasteiger partial charge in [-0.3, -0.25) is 0 Å². The van der Waals surface area contributed by atoms with Crippen molar-refractivity contribution in [3.05, 3.63) is 45.2 Å². The molecule has 1 heterocycles. The van der Waals surface area contributed by atoms with Crippen molar-refractivity contribution in [2.75, 3.05) is 6.54 Å². The van der Waals surface area contributed by atoms with Crippen molar-refractivity contribution in [1.29, 1.82) is 0 Å². The molecule has 0 amide bonds. The Morgan fingerprint density at radius 1 is 1.11 bits per heavy atom. The molecule has 2 aromatic rings. The predicted molar refractivity (Wildman–Crippen MR) is 82.1 cm³/mol. The van der Waals surface area contributed by atoms with Crippen LogP contribution in [0.25, 0.3) is 11.4 Å². The molecule has 19 heavy (non-hydrogen) atoms. The van der Waals surface area contributed by atoms with Crippen LogP contribution in [0.2, 0.25) is 0 Å². The second kappa shape index (κ2) is 5.80. The zero-order valence-corrected chi connectivity index (χ0v) is 13.1. The molecule has 0 aliphatic rings. The number of halogens is 1. The Morgan fingerprint density at radius 2 is 1.74 bits per heavy atom. The lowest BCUT2D eigenvalue weighted by atomic mass is 10.1. The van der Waals surface area contributed by atoms with E-state index >= 15 is 0 Å². The molecule has 2 rings (SSSR count). The van der Waals surface area contributed by atoms with Crippen molar-refractivity contribution in [2.45, 2.75) is 27.2 Å². The largest absolute Gasteiger partial charge is 0.330 e. The van der Waals surface area contributed by atoms with Gasteiger partial charge in [-0.25, -0.2) is 9.97 Å². The topological polar surface area (TPSA) is 51.8 Å². The average Bonchev–Trinajstić information content (AvgIpc) is 2.33. The molecule has 0 unspecified atom stereocenters. The maximum atomic E-state index is 5.63. The number of nitrogens with zero attached hydrogens (tertiary/aromatic N) is 2. The van der Waals surface area contributed by atoms with E-state index in [1.54, 1.807) is 0 Å². The van der Waals surface area contributed by atoms with E-state index < -0.39 is 0 Å². The van der Waals surface area contributed by atoms with Crippen LogP contribution in [-0.4, -0.2) is 16.5 Å². The van der Waals surface area contributed by atoms with Gasteiger partial charge in [0, 0.05) is 21.4 Å². The number of rotatable bonds is 3. The number of aromatic nitrogens is 2. The van der Waals surface area contributed by atoms with Crippen LogP contribution >= 0.6 is 15.9 Å². The van der Waals surface area contributed by atoms with Crippen LogP contribution in [0.3, 0.4) is 0 Å². The van der Waals surface area contributed by atoms with Gasteiger partial charge in [-0.15, -0.1) is 0 Å². The highest BCUT2D eigenvalue weighted by atomic mass is 79.9. The van der Waals surface area contributed by atoms with Gasteiger partial charge in [-0.2, -0.15) is 0 Å². The maximum Gasteiger partial charge on any atom is 0.160 e. The molecule has 0 aliphatic heterocycles. The van der Waals surface area contributed by atoms with Gasteiger partial charge in [-0.05, 0) is 57.0 Å². The van der Waals surface area contributed by atoms with Crippen molar-refractivity contribution < 1.29 is 0 Å². The molecule has 0 bridgehead atoms. The van der Waals surface area contributed by atoms with E-state index in [1.807, 2.05) is 13.8 Å². The highest BCUT2D eigenvalue weighted by molar-refractivity contribution is 9.10. The Balaban J connectivity index is 2.52. The normalized spacial score (nSPS) is 10.8. The van der Waals surface area contributed by atoms with Gasteiger partial charge in [0.05, 0.1) is 0 Å². The molecule has 0 fully saturated rings. The summed E-state index contributed by atoms with van der Waals surface area (Å²) in [6.45, 7) is 6.73. The fourth-order valence-corrected chi connectivity index (χ4v) is 2.84. The highest BCUT2D eigenvalue weighted by Crippen LogP contribution is 2.27. The predicted octanol–water partition coefficient (Wildman–Crippen LogP) is 3.33.